The Balaban J connectivity index is 1.72. The van der Waals surface area contributed by atoms with Gasteiger partial charge in [0.15, 0.2) is 0 Å². The molecule has 5 heteroatoms. The summed E-state index contributed by atoms with van der Waals surface area (Å²) in [5.41, 5.74) is 7.19. The Morgan fingerprint density at radius 3 is 3.00 bits per heavy atom. The predicted octanol–water partition coefficient (Wildman–Crippen LogP) is 2.71. The van der Waals surface area contributed by atoms with Gasteiger partial charge < -0.3 is 5.73 Å². The topological polar surface area (TPSA) is 47.1 Å². The van der Waals surface area contributed by atoms with Gasteiger partial charge in [0.1, 0.15) is 0 Å². The van der Waals surface area contributed by atoms with Gasteiger partial charge in [-0.25, -0.2) is 0 Å². The van der Waals surface area contributed by atoms with Crippen molar-refractivity contribution in [2.45, 2.75) is 32.4 Å². The Morgan fingerprint density at radius 1 is 1.43 bits per heavy atom. The summed E-state index contributed by atoms with van der Waals surface area (Å²) in [4.78, 5) is 5.28. The number of rotatable bonds is 4. The van der Waals surface area contributed by atoms with Crippen molar-refractivity contribution in [1.82, 2.24) is 14.7 Å². The second kappa shape index (κ2) is 6.30. The van der Waals surface area contributed by atoms with Crippen LogP contribution < -0.4 is 5.73 Å². The average Bonchev–Trinajstić information content (AvgIpc) is 3.08. The Morgan fingerprint density at radius 2 is 2.29 bits per heavy atom. The van der Waals surface area contributed by atoms with Crippen LogP contribution in [0.3, 0.4) is 0 Å². The number of likely N-dealkylation sites (tertiary alicyclic amines) is 1. The molecule has 1 saturated heterocycles. The number of nitrogens with two attached hydrogens (primary N) is 1. The highest BCUT2D eigenvalue weighted by Crippen LogP contribution is 2.30. The molecule has 2 aromatic rings. The van der Waals surface area contributed by atoms with Crippen molar-refractivity contribution in [3.05, 3.63) is 29.4 Å². The summed E-state index contributed by atoms with van der Waals surface area (Å²) in [5, 5.41) is 4.25. The summed E-state index contributed by atoms with van der Waals surface area (Å²) in [7, 11) is 1.96. The van der Waals surface area contributed by atoms with Crippen LogP contribution >= 0.6 is 11.3 Å². The highest BCUT2D eigenvalue weighted by molar-refractivity contribution is 7.15. The third kappa shape index (κ3) is 3.20. The maximum absolute atomic E-state index is 5.99. The van der Waals surface area contributed by atoms with E-state index in [0.29, 0.717) is 12.0 Å². The van der Waals surface area contributed by atoms with Crippen LogP contribution in [0.25, 0.3) is 10.4 Å². The summed E-state index contributed by atoms with van der Waals surface area (Å²) in [6.45, 7) is 5.30. The Kier molecular flexibility index (Phi) is 4.42. The van der Waals surface area contributed by atoms with Crippen molar-refractivity contribution in [2.24, 2.45) is 18.7 Å². The van der Waals surface area contributed by atoms with Crippen molar-refractivity contribution < 1.29 is 0 Å². The molecule has 0 bridgehead atoms. The summed E-state index contributed by atoms with van der Waals surface area (Å²) in [5.74, 6) is 0.710. The third-order valence-electron chi connectivity index (χ3n) is 4.48. The lowest BCUT2D eigenvalue weighted by molar-refractivity contribution is 0.100. The van der Waals surface area contributed by atoms with Crippen LogP contribution in [-0.4, -0.2) is 33.8 Å². The minimum atomic E-state index is 0.530. The first-order chi connectivity index (χ1) is 10.2. The van der Waals surface area contributed by atoms with E-state index >= 15 is 0 Å². The van der Waals surface area contributed by atoms with Crippen molar-refractivity contribution in [3.63, 3.8) is 0 Å². The van der Waals surface area contributed by atoms with Crippen molar-refractivity contribution >= 4 is 11.3 Å². The molecule has 0 saturated carbocycles. The molecule has 114 valence electrons. The van der Waals surface area contributed by atoms with E-state index in [2.05, 4.69) is 35.3 Å². The van der Waals surface area contributed by atoms with Gasteiger partial charge >= 0.3 is 0 Å². The van der Waals surface area contributed by atoms with E-state index in [1.54, 1.807) is 0 Å². The number of aromatic nitrogens is 2. The predicted molar refractivity (Wildman–Crippen MR) is 88.2 cm³/mol. The molecular weight excluding hydrogens is 280 g/mol. The standard InChI is InChI=1S/C16H24N4S/c1-12-4-3-7-20(15(12)8-17)11-14-5-6-16(21-14)13-9-18-19(2)10-13/h5-6,9-10,12,15H,3-4,7-8,11,17H2,1-2H3. The van der Waals surface area contributed by atoms with Gasteiger partial charge in [0, 0.05) is 47.7 Å². The Bertz CT molecular complexity index is 589. The fraction of sp³-hybridized carbons (Fsp3) is 0.562. The first kappa shape index (κ1) is 14.8. The zero-order valence-electron chi connectivity index (χ0n) is 12.8. The van der Waals surface area contributed by atoms with E-state index in [9.17, 15) is 0 Å². The molecule has 3 rings (SSSR count). The lowest BCUT2D eigenvalue weighted by atomic mass is 9.91. The number of aryl methyl sites for hydroxylation is 1. The zero-order chi connectivity index (χ0) is 14.8. The second-order valence-electron chi connectivity index (χ2n) is 6.06. The normalized spacial score (nSPS) is 23.6. The van der Waals surface area contributed by atoms with Crippen LogP contribution in [0.5, 0.6) is 0 Å². The maximum atomic E-state index is 5.99. The quantitative estimate of drug-likeness (QED) is 0.945. The van der Waals surface area contributed by atoms with Crippen LogP contribution in [-0.2, 0) is 13.6 Å². The van der Waals surface area contributed by atoms with E-state index in [1.165, 1.54) is 34.7 Å². The highest BCUT2D eigenvalue weighted by Gasteiger charge is 2.27. The molecule has 0 aromatic carbocycles. The van der Waals surface area contributed by atoms with Crippen LogP contribution in [0, 0.1) is 5.92 Å². The fourth-order valence-corrected chi connectivity index (χ4v) is 4.29. The molecule has 0 amide bonds. The number of piperidine rings is 1. The van der Waals surface area contributed by atoms with Gasteiger partial charge in [0.05, 0.1) is 6.20 Å². The zero-order valence-corrected chi connectivity index (χ0v) is 13.6. The summed E-state index contributed by atoms with van der Waals surface area (Å²) < 4.78 is 1.85. The van der Waals surface area contributed by atoms with Gasteiger partial charge in [-0.15, -0.1) is 11.3 Å². The molecule has 0 aliphatic carbocycles. The first-order valence-electron chi connectivity index (χ1n) is 7.69. The SMILES string of the molecule is CC1CCCN(Cc2ccc(-c3cnn(C)c3)s2)C1CN. The van der Waals surface area contributed by atoms with Gasteiger partial charge in [-0.1, -0.05) is 6.92 Å². The monoisotopic (exact) mass is 304 g/mol. The van der Waals surface area contributed by atoms with Crippen molar-refractivity contribution in [2.75, 3.05) is 13.1 Å². The third-order valence-corrected chi connectivity index (χ3v) is 5.60. The molecule has 1 fully saturated rings. The van der Waals surface area contributed by atoms with E-state index in [0.717, 1.165) is 13.1 Å². The lowest BCUT2D eigenvalue weighted by Crippen LogP contribution is -2.47. The van der Waals surface area contributed by atoms with E-state index < -0.39 is 0 Å². The van der Waals surface area contributed by atoms with E-state index in [4.69, 9.17) is 5.73 Å². The number of hydrogen-bond acceptors (Lipinski definition) is 4. The average molecular weight is 304 g/mol. The van der Waals surface area contributed by atoms with Gasteiger partial charge in [0.25, 0.3) is 0 Å². The summed E-state index contributed by atoms with van der Waals surface area (Å²) >= 11 is 1.87. The van der Waals surface area contributed by atoms with Gasteiger partial charge in [-0.3, -0.25) is 9.58 Å². The minimum absolute atomic E-state index is 0.530. The number of hydrogen-bond donors (Lipinski definition) is 1. The molecule has 2 unspecified atom stereocenters. The molecular formula is C16H24N4S. The van der Waals surface area contributed by atoms with E-state index in [1.807, 2.05) is 29.3 Å². The number of thiophene rings is 1. The molecule has 1 aliphatic rings. The summed E-state index contributed by atoms with van der Waals surface area (Å²) in [6, 6.07) is 4.99. The van der Waals surface area contributed by atoms with Gasteiger partial charge in [0.2, 0.25) is 0 Å². The fourth-order valence-electron chi connectivity index (χ4n) is 3.28. The van der Waals surface area contributed by atoms with Crippen molar-refractivity contribution in [3.8, 4) is 10.4 Å². The Hall–Kier alpha value is -1.17. The van der Waals surface area contributed by atoms with E-state index in [-0.39, 0.29) is 0 Å². The molecule has 21 heavy (non-hydrogen) atoms. The van der Waals surface area contributed by atoms with Crippen molar-refractivity contribution in [1.29, 1.82) is 0 Å². The molecule has 2 atom stereocenters. The first-order valence-corrected chi connectivity index (χ1v) is 8.51. The van der Waals surface area contributed by atoms with Gasteiger partial charge in [-0.05, 0) is 37.4 Å². The highest BCUT2D eigenvalue weighted by atomic mass is 32.1. The molecule has 2 N–H and O–H groups in total. The lowest BCUT2D eigenvalue weighted by Gasteiger charge is -2.39. The van der Waals surface area contributed by atoms with Crippen LogP contribution in [0.2, 0.25) is 0 Å². The smallest absolute Gasteiger partial charge is 0.0576 e. The minimum Gasteiger partial charge on any atom is -0.329 e. The molecule has 4 nitrogen and oxygen atoms in total. The molecule has 0 radical (unpaired) electrons. The summed E-state index contributed by atoms with van der Waals surface area (Å²) in [6.07, 6.45) is 6.60. The van der Waals surface area contributed by atoms with Crippen LogP contribution in [0.15, 0.2) is 24.5 Å². The number of nitrogens with zero attached hydrogens (tertiary/aromatic N) is 3. The largest absolute Gasteiger partial charge is 0.329 e. The molecule has 1 aliphatic heterocycles. The molecule has 0 spiro atoms. The molecule has 2 aromatic heterocycles. The van der Waals surface area contributed by atoms with Gasteiger partial charge in [-0.2, -0.15) is 5.10 Å². The van der Waals surface area contributed by atoms with Crippen LogP contribution in [0.1, 0.15) is 24.6 Å². The van der Waals surface area contributed by atoms with Crippen LogP contribution in [0.4, 0.5) is 0 Å². The second-order valence-corrected chi connectivity index (χ2v) is 7.23. The maximum Gasteiger partial charge on any atom is 0.0576 e. The Labute approximate surface area is 130 Å². The molecule has 3 heterocycles.